The Morgan fingerprint density at radius 2 is 1.49 bits per heavy atom. The summed E-state index contributed by atoms with van der Waals surface area (Å²) in [7, 11) is 0. The molecule has 0 spiro atoms. The van der Waals surface area contributed by atoms with Crippen molar-refractivity contribution in [1.82, 2.24) is 0 Å². The fourth-order valence-corrected chi connectivity index (χ4v) is 3.94. The number of allylic oxidation sites excluding steroid dienone is 1. The van der Waals surface area contributed by atoms with Gasteiger partial charge in [0.25, 0.3) is 5.69 Å². The van der Waals surface area contributed by atoms with Gasteiger partial charge in [-0.2, -0.15) is 0 Å². The molecule has 4 aromatic carbocycles. The maximum absolute atomic E-state index is 12.8. The molecule has 0 aromatic heterocycles. The summed E-state index contributed by atoms with van der Waals surface area (Å²) < 4.78 is 11.4. The van der Waals surface area contributed by atoms with Crippen LogP contribution in [0.25, 0.3) is 6.08 Å². The molecule has 196 valence electrons. The molecular weight excluding hydrogens is 498 g/mol. The zero-order valence-electron chi connectivity index (χ0n) is 20.9. The minimum atomic E-state index is -1.11. The quantitative estimate of drug-likeness (QED) is 0.136. The van der Waals surface area contributed by atoms with Crippen LogP contribution in [0, 0.1) is 10.1 Å². The number of carbonyl (C=O) groups is 2. The van der Waals surface area contributed by atoms with E-state index in [1.165, 1.54) is 24.3 Å². The Bertz CT molecular complexity index is 1500. The number of nitro groups is 1. The molecule has 0 radical (unpaired) electrons. The minimum absolute atomic E-state index is 0.0495. The van der Waals surface area contributed by atoms with E-state index < -0.39 is 16.9 Å². The predicted molar refractivity (Wildman–Crippen MR) is 146 cm³/mol. The molecule has 0 aliphatic rings. The number of hydrogen-bond donors (Lipinski definition) is 1. The third-order valence-electron chi connectivity index (χ3n) is 5.90. The molecule has 0 fully saturated rings. The van der Waals surface area contributed by atoms with Crippen molar-refractivity contribution < 1.29 is 29.1 Å². The maximum Gasteiger partial charge on any atom is 0.339 e. The molecule has 0 aliphatic heterocycles. The highest BCUT2D eigenvalue weighted by Crippen LogP contribution is 2.26. The Hall–Kier alpha value is -5.24. The van der Waals surface area contributed by atoms with Gasteiger partial charge in [-0.1, -0.05) is 78.9 Å². The van der Waals surface area contributed by atoms with Crippen molar-refractivity contribution in [1.29, 1.82) is 0 Å². The third-order valence-corrected chi connectivity index (χ3v) is 5.90. The van der Waals surface area contributed by atoms with Crippen molar-refractivity contribution in [3.05, 3.63) is 147 Å². The van der Waals surface area contributed by atoms with Gasteiger partial charge in [-0.3, -0.25) is 10.1 Å². The SMILES string of the molecule is O=C(OCc1ccccc1)c1ccc([N+](=O)[O-])cc1C=CCc1c(OCc2ccccc2)cccc1C(=O)O. The number of carboxylic acids is 1. The summed E-state index contributed by atoms with van der Waals surface area (Å²) in [5.41, 5.74) is 2.49. The average molecular weight is 524 g/mol. The van der Waals surface area contributed by atoms with Crippen LogP contribution < -0.4 is 4.74 Å². The van der Waals surface area contributed by atoms with Crippen molar-refractivity contribution in [2.75, 3.05) is 0 Å². The summed E-state index contributed by atoms with van der Waals surface area (Å²) in [5.74, 6) is -1.33. The van der Waals surface area contributed by atoms with Gasteiger partial charge in [0.15, 0.2) is 0 Å². The van der Waals surface area contributed by atoms with E-state index in [4.69, 9.17) is 9.47 Å². The number of aromatic carboxylic acids is 1. The van der Waals surface area contributed by atoms with Gasteiger partial charge in [0.05, 0.1) is 16.1 Å². The number of carboxylic acid groups (broad SMARTS) is 1. The lowest BCUT2D eigenvalue weighted by Crippen LogP contribution is -2.08. The lowest BCUT2D eigenvalue weighted by molar-refractivity contribution is -0.384. The van der Waals surface area contributed by atoms with Crippen LogP contribution in [0.15, 0.2) is 103 Å². The van der Waals surface area contributed by atoms with Gasteiger partial charge in [0.2, 0.25) is 0 Å². The Labute approximate surface area is 224 Å². The summed E-state index contributed by atoms with van der Waals surface area (Å²) in [6.45, 7) is 0.302. The van der Waals surface area contributed by atoms with E-state index in [-0.39, 0.29) is 42.0 Å². The van der Waals surface area contributed by atoms with Crippen LogP contribution in [0.3, 0.4) is 0 Å². The van der Waals surface area contributed by atoms with Crippen LogP contribution in [0.4, 0.5) is 5.69 Å². The van der Waals surface area contributed by atoms with Gasteiger partial charge < -0.3 is 14.6 Å². The first-order valence-electron chi connectivity index (χ1n) is 12.1. The van der Waals surface area contributed by atoms with E-state index in [0.29, 0.717) is 11.3 Å². The number of esters is 1. The highest BCUT2D eigenvalue weighted by molar-refractivity contribution is 5.94. The molecule has 0 bridgehead atoms. The van der Waals surface area contributed by atoms with Crippen LogP contribution in [0.2, 0.25) is 0 Å². The molecule has 8 heteroatoms. The van der Waals surface area contributed by atoms with Crippen LogP contribution >= 0.6 is 0 Å². The van der Waals surface area contributed by atoms with Gasteiger partial charge >= 0.3 is 11.9 Å². The zero-order chi connectivity index (χ0) is 27.6. The molecule has 0 unspecified atom stereocenters. The van der Waals surface area contributed by atoms with Crippen LogP contribution in [0.5, 0.6) is 5.75 Å². The first-order chi connectivity index (χ1) is 18.9. The van der Waals surface area contributed by atoms with Crippen LogP contribution in [0.1, 0.15) is 43.0 Å². The van der Waals surface area contributed by atoms with Gasteiger partial charge in [0.1, 0.15) is 19.0 Å². The highest BCUT2D eigenvalue weighted by atomic mass is 16.6. The molecule has 0 atom stereocenters. The number of hydrogen-bond acceptors (Lipinski definition) is 6. The van der Waals surface area contributed by atoms with E-state index >= 15 is 0 Å². The Kier molecular flexibility index (Phi) is 8.82. The van der Waals surface area contributed by atoms with E-state index in [1.807, 2.05) is 60.7 Å². The smallest absolute Gasteiger partial charge is 0.339 e. The summed E-state index contributed by atoms with van der Waals surface area (Å²) in [5, 5.41) is 21.1. The Balaban J connectivity index is 1.58. The van der Waals surface area contributed by atoms with E-state index in [1.54, 1.807) is 24.3 Å². The summed E-state index contributed by atoms with van der Waals surface area (Å²) >= 11 is 0. The maximum atomic E-state index is 12.8. The number of non-ortho nitro benzene ring substituents is 1. The number of benzene rings is 4. The largest absolute Gasteiger partial charge is 0.489 e. The molecular formula is C31H25NO7. The first-order valence-corrected chi connectivity index (χ1v) is 12.1. The fourth-order valence-electron chi connectivity index (χ4n) is 3.94. The molecule has 0 amide bonds. The van der Waals surface area contributed by atoms with Crippen LogP contribution in [-0.4, -0.2) is 22.0 Å². The average Bonchev–Trinajstić information content (AvgIpc) is 2.96. The summed E-state index contributed by atoms with van der Waals surface area (Å²) in [4.78, 5) is 35.6. The number of nitro benzene ring substituents is 1. The van der Waals surface area contributed by atoms with E-state index in [2.05, 4.69) is 0 Å². The van der Waals surface area contributed by atoms with Gasteiger partial charge in [-0.25, -0.2) is 9.59 Å². The number of nitrogens with zero attached hydrogens (tertiary/aromatic N) is 1. The van der Waals surface area contributed by atoms with Crippen molar-refractivity contribution >= 4 is 23.7 Å². The monoisotopic (exact) mass is 523 g/mol. The number of ether oxygens (including phenoxy) is 2. The first kappa shape index (κ1) is 26.8. The molecule has 0 aliphatic carbocycles. The minimum Gasteiger partial charge on any atom is -0.489 e. The lowest BCUT2D eigenvalue weighted by atomic mass is 10.0. The molecule has 4 rings (SSSR count). The van der Waals surface area contributed by atoms with Gasteiger partial charge in [-0.15, -0.1) is 0 Å². The van der Waals surface area contributed by atoms with Crippen LogP contribution in [-0.2, 0) is 24.4 Å². The Morgan fingerprint density at radius 3 is 2.13 bits per heavy atom. The lowest BCUT2D eigenvalue weighted by Gasteiger charge is -2.13. The Morgan fingerprint density at radius 1 is 0.821 bits per heavy atom. The molecule has 0 saturated heterocycles. The van der Waals surface area contributed by atoms with Crippen molar-refractivity contribution in [3.63, 3.8) is 0 Å². The normalized spacial score (nSPS) is 10.8. The fraction of sp³-hybridized carbons (Fsp3) is 0.0968. The topological polar surface area (TPSA) is 116 Å². The number of rotatable bonds is 11. The summed E-state index contributed by atoms with van der Waals surface area (Å²) in [6, 6.07) is 27.3. The second-order valence-electron chi connectivity index (χ2n) is 8.56. The van der Waals surface area contributed by atoms with Gasteiger partial charge in [0, 0.05) is 17.7 Å². The van der Waals surface area contributed by atoms with Crippen molar-refractivity contribution in [2.24, 2.45) is 0 Å². The molecule has 39 heavy (non-hydrogen) atoms. The van der Waals surface area contributed by atoms with Crippen molar-refractivity contribution in [3.8, 4) is 5.75 Å². The molecule has 1 N–H and O–H groups in total. The third kappa shape index (κ3) is 7.17. The van der Waals surface area contributed by atoms with E-state index in [9.17, 15) is 24.8 Å². The molecule has 0 heterocycles. The molecule has 0 saturated carbocycles. The van der Waals surface area contributed by atoms with Gasteiger partial charge in [-0.05, 0) is 41.3 Å². The molecule has 8 nitrogen and oxygen atoms in total. The molecule has 4 aromatic rings. The summed E-state index contributed by atoms with van der Waals surface area (Å²) in [6.07, 6.45) is 3.34. The van der Waals surface area contributed by atoms with E-state index in [0.717, 1.165) is 11.1 Å². The number of carbonyl (C=O) groups excluding carboxylic acids is 1. The zero-order valence-corrected chi connectivity index (χ0v) is 20.9. The second-order valence-corrected chi connectivity index (χ2v) is 8.56. The standard InChI is InChI=1S/C31H25NO7/c33-30(34)28-15-8-16-29(38-20-22-9-3-1-4-10-22)27(28)14-7-13-24-19-25(32(36)37)17-18-26(24)31(35)39-21-23-11-5-2-6-12-23/h1-13,15-19H,14,20-21H2,(H,33,34). The predicted octanol–water partition coefficient (Wildman–Crippen LogP) is 6.48. The second kappa shape index (κ2) is 12.8. The van der Waals surface area contributed by atoms with Crippen molar-refractivity contribution in [2.45, 2.75) is 19.6 Å². The highest BCUT2D eigenvalue weighted by Gasteiger charge is 2.17.